The van der Waals surface area contributed by atoms with Crippen LogP contribution in [0.2, 0.25) is 5.02 Å². The summed E-state index contributed by atoms with van der Waals surface area (Å²) in [7, 11) is 0. The summed E-state index contributed by atoms with van der Waals surface area (Å²) in [6.45, 7) is 2.27. The molecule has 1 N–H and O–H groups in total. The van der Waals surface area contributed by atoms with Gasteiger partial charge in [-0.25, -0.2) is 13.9 Å². The van der Waals surface area contributed by atoms with Crippen LogP contribution < -0.4 is 5.32 Å². The number of halogens is 2. The zero-order chi connectivity index (χ0) is 19.7. The van der Waals surface area contributed by atoms with E-state index in [0.29, 0.717) is 5.56 Å². The number of carbonyl (C=O) groups excluding carboxylic acids is 1. The number of fused-ring (bicyclic) bond motifs is 1. The third-order valence-corrected chi connectivity index (χ3v) is 5.63. The average Bonchev–Trinajstić information content (AvgIpc) is 3.26. The molecule has 0 spiro atoms. The Kier molecular flexibility index (Phi) is 5.11. The van der Waals surface area contributed by atoms with Crippen molar-refractivity contribution in [3.8, 4) is 11.3 Å². The Hall–Kier alpha value is -2.77. The highest BCUT2D eigenvalue weighted by Crippen LogP contribution is 2.27. The number of carbonyl (C=O) groups is 1. The number of aryl methyl sites for hydroxylation is 1. The van der Waals surface area contributed by atoms with Crippen LogP contribution in [0.25, 0.3) is 16.2 Å². The molecular formula is C20H16ClFN4OS. The third kappa shape index (κ3) is 3.50. The molecule has 0 atom stereocenters. The van der Waals surface area contributed by atoms with Crippen molar-refractivity contribution in [1.29, 1.82) is 0 Å². The van der Waals surface area contributed by atoms with Crippen molar-refractivity contribution in [1.82, 2.24) is 19.9 Å². The number of rotatable bonds is 5. The molecule has 4 rings (SSSR count). The van der Waals surface area contributed by atoms with Crippen LogP contribution >= 0.6 is 22.9 Å². The molecule has 0 aliphatic heterocycles. The van der Waals surface area contributed by atoms with Crippen molar-refractivity contribution in [3.05, 3.63) is 75.6 Å². The molecule has 2 heterocycles. The summed E-state index contributed by atoms with van der Waals surface area (Å²) in [5.41, 5.74) is 2.81. The van der Waals surface area contributed by atoms with E-state index >= 15 is 0 Å². The first-order valence-corrected chi connectivity index (χ1v) is 9.92. The molecule has 0 radical (unpaired) electrons. The minimum Gasteiger partial charge on any atom is -0.346 e. The van der Waals surface area contributed by atoms with E-state index in [0.717, 1.165) is 33.3 Å². The molecule has 0 saturated heterocycles. The Bertz CT molecular complexity index is 1160. The number of nitrogens with zero attached hydrogens (tertiary/aromatic N) is 3. The minimum atomic E-state index is -0.559. The number of amides is 1. The molecule has 4 aromatic rings. The maximum atomic E-state index is 13.3. The van der Waals surface area contributed by atoms with Gasteiger partial charge in [0.1, 0.15) is 10.8 Å². The van der Waals surface area contributed by atoms with Gasteiger partial charge in [0.05, 0.1) is 23.0 Å². The quantitative estimate of drug-likeness (QED) is 0.513. The molecule has 142 valence electrons. The summed E-state index contributed by atoms with van der Waals surface area (Å²) in [5, 5.41) is 8.35. The van der Waals surface area contributed by atoms with Gasteiger partial charge in [-0.05, 0) is 24.6 Å². The summed E-state index contributed by atoms with van der Waals surface area (Å²) < 4.78 is 15.1. The lowest BCUT2D eigenvalue weighted by atomic mass is 10.1. The molecular weight excluding hydrogens is 399 g/mol. The van der Waals surface area contributed by atoms with E-state index in [1.807, 2.05) is 37.3 Å². The number of hydrogen-bond donors (Lipinski definition) is 1. The minimum absolute atomic E-state index is 0.0866. The molecule has 0 unspecified atom stereocenters. The van der Waals surface area contributed by atoms with Crippen LogP contribution in [0.3, 0.4) is 0 Å². The fraction of sp³-hybridized carbons (Fsp3) is 0.150. The Morgan fingerprint density at radius 2 is 2.04 bits per heavy atom. The van der Waals surface area contributed by atoms with Gasteiger partial charge in [0.15, 0.2) is 0 Å². The first-order chi connectivity index (χ1) is 13.6. The van der Waals surface area contributed by atoms with Gasteiger partial charge in [0.2, 0.25) is 4.96 Å². The zero-order valence-corrected chi connectivity index (χ0v) is 16.5. The lowest BCUT2D eigenvalue weighted by molar-refractivity contribution is 0.0950. The van der Waals surface area contributed by atoms with Crippen LogP contribution in [-0.4, -0.2) is 20.5 Å². The largest absolute Gasteiger partial charge is 0.346 e. The van der Waals surface area contributed by atoms with E-state index in [2.05, 4.69) is 10.4 Å². The summed E-state index contributed by atoms with van der Waals surface area (Å²) in [4.78, 5) is 18.0. The predicted octanol–water partition coefficient (Wildman–Crippen LogP) is 4.74. The standard InChI is InChI=1S/C20H16ClFN4OS/c1-2-17-25-26-16(11-23-19(27)13-8-9-15(22)14(21)10-13)18(24-20(26)28-17)12-6-4-3-5-7-12/h3-10H,2,11H2,1H3,(H,23,27). The van der Waals surface area contributed by atoms with Gasteiger partial charge in [0.25, 0.3) is 5.91 Å². The van der Waals surface area contributed by atoms with E-state index in [4.69, 9.17) is 16.6 Å². The molecule has 1 amide bonds. The number of benzene rings is 2. The zero-order valence-electron chi connectivity index (χ0n) is 14.9. The second-order valence-corrected chi connectivity index (χ2v) is 7.58. The van der Waals surface area contributed by atoms with E-state index in [-0.39, 0.29) is 17.5 Å². The second kappa shape index (κ2) is 7.69. The molecule has 5 nitrogen and oxygen atoms in total. The molecule has 0 bridgehead atoms. The second-order valence-electron chi connectivity index (χ2n) is 6.13. The predicted molar refractivity (Wildman–Crippen MR) is 108 cm³/mol. The Morgan fingerprint density at radius 3 is 2.75 bits per heavy atom. The Labute approximate surface area is 169 Å². The van der Waals surface area contributed by atoms with E-state index < -0.39 is 5.82 Å². The molecule has 0 aliphatic rings. The number of nitrogens with one attached hydrogen (secondary N) is 1. The number of aromatic nitrogens is 3. The monoisotopic (exact) mass is 414 g/mol. The number of imidazole rings is 1. The fourth-order valence-electron chi connectivity index (χ4n) is 2.86. The topological polar surface area (TPSA) is 59.3 Å². The van der Waals surface area contributed by atoms with Crippen LogP contribution in [0.5, 0.6) is 0 Å². The molecule has 2 aromatic carbocycles. The molecule has 0 aliphatic carbocycles. The highest BCUT2D eigenvalue weighted by Gasteiger charge is 2.19. The van der Waals surface area contributed by atoms with Crippen LogP contribution in [0.1, 0.15) is 28.0 Å². The highest BCUT2D eigenvalue weighted by molar-refractivity contribution is 7.16. The van der Waals surface area contributed by atoms with Gasteiger partial charge < -0.3 is 5.32 Å². The van der Waals surface area contributed by atoms with E-state index in [1.54, 1.807) is 4.52 Å². The molecule has 0 saturated carbocycles. The van der Waals surface area contributed by atoms with Crippen molar-refractivity contribution in [2.24, 2.45) is 0 Å². The smallest absolute Gasteiger partial charge is 0.251 e. The van der Waals surface area contributed by atoms with Gasteiger partial charge in [-0.1, -0.05) is 60.2 Å². The number of hydrogen-bond acceptors (Lipinski definition) is 4. The van der Waals surface area contributed by atoms with Crippen LogP contribution in [0.15, 0.2) is 48.5 Å². The Balaban J connectivity index is 1.67. The van der Waals surface area contributed by atoms with Gasteiger partial charge in [-0.3, -0.25) is 4.79 Å². The van der Waals surface area contributed by atoms with Crippen molar-refractivity contribution < 1.29 is 9.18 Å². The van der Waals surface area contributed by atoms with Crippen LogP contribution in [0.4, 0.5) is 4.39 Å². The van der Waals surface area contributed by atoms with Crippen LogP contribution in [-0.2, 0) is 13.0 Å². The molecule has 2 aromatic heterocycles. The highest BCUT2D eigenvalue weighted by atomic mass is 35.5. The third-order valence-electron chi connectivity index (χ3n) is 4.29. The van der Waals surface area contributed by atoms with E-state index in [9.17, 15) is 9.18 Å². The van der Waals surface area contributed by atoms with E-state index in [1.165, 1.54) is 29.5 Å². The summed E-state index contributed by atoms with van der Waals surface area (Å²) in [5.74, 6) is -0.904. The van der Waals surface area contributed by atoms with Gasteiger partial charge in [-0.15, -0.1) is 0 Å². The molecule has 8 heteroatoms. The van der Waals surface area contributed by atoms with Gasteiger partial charge >= 0.3 is 0 Å². The fourth-order valence-corrected chi connectivity index (χ4v) is 3.89. The van der Waals surface area contributed by atoms with Crippen molar-refractivity contribution in [2.45, 2.75) is 19.9 Å². The van der Waals surface area contributed by atoms with Gasteiger partial charge in [0, 0.05) is 11.1 Å². The maximum absolute atomic E-state index is 13.3. The normalized spacial score (nSPS) is 11.1. The SMILES string of the molecule is CCc1nn2c(CNC(=O)c3ccc(F)c(Cl)c3)c(-c3ccccc3)nc2s1. The molecule has 0 fully saturated rings. The Morgan fingerprint density at radius 1 is 1.25 bits per heavy atom. The average molecular weight is 415 g/mol. The summed E-state index contributed by atoms with van der Waals surface area (Å²) in [6, 6.07) is 13.7. The maximum Gasteiger partial charge on any atom is 0.251 e. The van der Waals surface area contributed by atoms with Crippen LogP contribution in [0, 0.1) is 5.82 Å². The molecule has 28 heavy (non-hydrogen) atoms. The van der Waals surface area contributed by atoms with Gasteiger partial charge in [-0.2, -0.15) is 5.10 Å². The first-order valence-electron chi connectivity index (χ1n) is 8.72. The van der Waals surface area contributed by atoms with Crippen molar-refractivity contribution >= 4 is 33.8 Å². The lowest BCUT2D eigenvalue weighted by Crippen LogP contribution is -2.24. The summed E-state index contributed by atoms with van der Waals surface area (Å²) >= 11 is 7.31. The van der Waals surface area contributed by atoms with Crippen molar-refractivity contribution in [2.75, 3.05) is 0 Å². The van der Waals surface area contributed by atoms with Crippen molar-refractivity contribution in [3.63, 3.8) is 0 Å². The summed E-state index contributed by atoms with van der Waals surface area (Å²) in [6.07, 6.45) is 0.814. The lowest BCUT2D eigenvalue weighted by Gasteiger charge is -2.07. The first kappa shape index (κ1) is 18.6.